The van der Waals surface area contributed by atoms with Crippen molar-refractivity contribution in [1.82, 2.24) is 0 Å². The molecule has 0 aliphatic heterocycles. The average Bonchev–Trinajstić information content (AvgIpc) is 3.26. The Kier molecular flexibility index (Phi) is 4.16. The van der Waals surface area contributed by atoms with Crippen LogP contribution in [0.15, 0.2) is 53.4 Å². The van der Waals surface area contributed by atoms with Gasteiger partial charge in [-0.15, -0.1) is 0 Å². The summed E-state index contributed by atoms with van der Waals surface area (Å²) in [6.07, 6.45) is 0. The SMILES string of the molecule is Cc1ccc([C@@H]2[C@H](S(=O)(=O)c3ccc(Cl)cc3)[C@]2(C#N)CO)cc1. The van der Waals surface area contributed by atoms with Gasteiger partial charge in [-0.1, -0.05) is 41.4 Å². The van der Waals surface area contributed by atoms with Crippen LogP contribution in [-0.2, 0) is 9.84 Å². The standard InChI is InChI=1S/C18H16ClNO3S/c1-12-2-4-13(5-3-12)16-17(18(16,10-20)11-21)24(22,23)15-8-6-14(19)7-9-15/h2-9,16-17,21H,11H2,1H3/t16-,17+,18-/m1/s1. The molecule has 1 aliphatic rings. The van der Waals surface area contributed by atoms with Crippen LogP contribution < -0.4 is 0 Å². The molecule has 6 heteroatoms. The Morgan fingerprint density at radius 1 is 1.17 bits per heavy atom. The second-order valence-corrected chi connectivity index (χ2v) is 8.62. The topological polar surface area (TPSA) is 78.2 Å². The smallest absolute Gasteiger partial charge is 0.183 e. The van der Waals surface area contributed by atoms with Crippen LogP contribution in [0.2, 0.25) is 5.02 Å². The molecule has 0 unspecified atom stereocenters. The molecule has 24 heavy (non-hydrogen) atoms. The summed E-state index contributed by atoms with van der Waals surface area (Å²) in [5.41, 5.74) is 0.482. The van der Waals surface area contributed by atoms with Crippen molar-refractivity contribution in [1.29, 1.82) is 5.26 Å². The van der Waals surface area contributed by atoms with Gasteiger partial charge in [-0.3, -0.25) is 0 Å². The molecule has 0 amide bonds. The minimum atomic E-state index is -3.76. The summed E-state index contributed by atoms with van der Waals surface area (Å²) in [5.74, 6) is -0.547. The van der Waals surface area contributed by atoms with Crippen LogP contribution >= 0.6 is 11.6 Å². The van der Waals surface area contributed by atoms with Crippen LogP contribution in [-0.4, -0.2) is 25.4 Å². The Morgan fingerprint density at radius 2 is 1.75 bits per heavy atom. The highest BCUT2D eigenvalue weighted by molar-refractivity contribution is 7.92. The summed E-state index contributed by atoms with van der Waals surface area (Å²) < 4.78 is 26.0. The van der Waals surface area contributed by atoms with Crippen molar-refractivity contribution in [3.05, 3.63) is 64.7 Å². The van der Waals surface area contributed by atoms with Crippen LogP contribution in [0.5, 0.6) is 0 Å². The molecule has 1 fully saturated rings. The van der Waals surface area contributed by atoms with E-state index in [0.29, 0.717) is 5.02 Å². The molecule has 0 radical (unpaired) electrons. The maximum Gasteiger partial charge on any atom is 0.183 e. The molecule has 0 bridgehead atoms. The third kappa shape index (κ3) is 2.51. The Balaban J connectivity index is 2.06. The van der Waals surface area contributed by atoms with E-state index in [1.807, 2.05) is 37.3 Å². The largest absolute Gasteiger partial charge is 0.395 e. The van der Waals surface area contributed by atoms with Crippen molar-refractivity contribution in [2.75, 3.05) is 6.61 Å². The van der Waals surface area contributed by atoms with E-state index in [-0.39, 0.29) is 4.90 Å². The molecule has 1 aliphatic carbocycles. The summed E-state index contributed by atoms with van der Waals surface area (Å²) in [6.45, 7) is 1.43. The fourth-order valence-electron chi connectivity index (χ4n) is 3.23. The number of rotatable bonds is 4. The van der Waals surface area contributed by atoms with Crippen LogP contribution in [0, 0.1) is 23.7 Å². The number of hydrogen-bond acceptors (Lipinski definition) is 4. The zero-order valence-corrected chi connectivity index (χ0v) is 14.6. The second kappa shape index (κ2) is 5.89. The van der Waals surface area contributed by atoms with Gasteiger partial charge in [-0.25, -0.2) is 8.42 Å². The van der Waals surface area contributed by atoms with E-state index in [0.717, 1.165) is 11.1 Å². The summed E-state index contributed by atoms with van der Waals surface area (Å²) in [7, 11) is -3.76. The Morgan fingerprint density at radius 3 is 2.25 bits per heavy atom. The van der Waals surface area contributed by atoms with Gasteiger partial charge in [0, 0.05) is 10.9 Å². The second-order valence-electron chi connectivity index (χ2n) is 6.12. The quantitative estimate of drug-likeness (QED) is 0.907. The minimum Gasteiger partial charge on any atom is -0.395 e. The lowest BCUT2D eigenvalue weighted by molar-refractivity contribution is 0.242. The van der Waals surface area contributed by atoms with Crippen LogP contribution in [0.1, 0.15) is 17.0 Å². The maximum absolute atomic E-state index is 13.0. The van der Waals surface area contributed by atoms with Crippen LogP contribution in [0.4, 0.5) is 0 Å². The van der Waals surface area contributed by atoms with Gasteiger partial charge < -0.3 is 5.11 Å². The summed E-state index contributed by atoms with van der Waals surface area (Å²) in [4.78, 5) is 0.111. The highest BCUT2D eigenvalue weighted by Gasteiger charge is 2.72. The molecule has 0 spiro atoms. The number of halogens is 1. The van der Waals surface area contributed by atoms with Gasteiger partial charge in [0.1, 0.15) is 5.41 Å². The van der Waals surface area contributed by atoms with E-state index in [4.69, 9.17) is 11.6 Å². The predicted molar refractivity (Wildman–Crippen MR) is 91.5 cm³/mol. The van der Waals surface area contributed by atoms with Gasteiger partial charge in [-0.05, 0) is 36.8 Å². The lowest BCUT2D eigenvalue weighted by Crippen LogP contribution is -2.18. The summed E-state index contributed by atoms with van der Waals surface area (Å²) >= 11 is 5.82. The zero-order valence-electron chi connectivity index (χ0n) is 13.0. The molecule has 3 rings (SSSR count). The number of aliphatic hydroxyl groups is 1. The Hall–Kier alpha value is -1.87. The number of aryl methyl sites for hydroxylation is 1. The molecule has 2 aromatic carbocycles. The van der Waals surface area contributed by atoms with E-state index in [1.165, 1.54) is 24.3 Å². The van der Waals surface area contributed by atoms with Gasteiger partial charge in [-0.2, -0.15) is 5.26 Å². The van der Waals surface area contributed by atoms with Gasteiger partial charge in [0.2, 0.25) is 0 Å². The number of benzene rings is 2. The summed E-state index contributed by atoms with van der Waals surface area (Å²) in [5, 5.41) is 18.8. The van der Waals surface area contributed by atoms with Crippen LogP contribution in [0.3, 0.4) is 0 Å². The van der Waals surface area contributed by atoms with Crippen molar-refractivity contribution in [2.45, 2.75) is 23.0 Å². The van der Waals surface area contributed by atoms with E-state index < -0.39 is 33.0 Å². The first-order valence-corrected chi connectivity index (χ1v) is 9.37. The van der Waals surface area contributed by atoms with Crippen molar-refractivity contribution in [3.63, 3.8) is 0 Å². The van der Waals surface area contributed by atoms with Gasteiger partial charge in [0.25, 0.3) is 0 Å². The predicted octanol–water partition coefficient (Wildman–Crippen LogP) is 3.09. The molecule has 4 nitrogen and oxygen atoms in total. The van der Waals surface area contributed by atoms with Gasteiger partial charge in [0.15, 0.2) is 9.84 Å². The first-order valence-electron chi connectivity index (χ1n) is 7.45. The number of hydrogen-bond donors (Lipinski definition) is 1. The maximum atomic E-state index is 13.0. The molecular weight excluding hydrogens is 346 g/mol. The van der Waals surface area contributed by atoms with Crippen LogP contribution in [0.25, 0.3) is 0 Å². The van der Waals surface area contributed by atoms with Crippen molar-refractivity contribution < 1.29 is 13.5 Å². The Labute approximate surface area is 146 Å². The first-order chi connectivity index (χ1) is 11.4. The van der Waals surface area contributed by atoms with E-state index in [1.54, 1.807) is 0 Å². The fourth-order valence-corrected chi connectivity index (χ4v) is 5.68. The first kappa shape index (κ1) is 17.0. The van der Waals surface area contributed by atoms with Crippen molar-refractivity contribution >= 4 is 21.4 Å². The summed E-state index contributed by atoms with van der Waals surface area (Å²) in [6, 6.07) is 15.3. The van der Waals surface area contributed by atoms with E-state index in [2.05, 4.69) is 0 Å². The van der Waals surface area contributed by atoms with Crippen molar-refractivity contribution in [2.24, 2.45) is 5.41 Å². The number of nitrogens with zero attached hydrogens (tertiary/aromatic N) is 1. The lowest BCUT2D eigenvalue weighted by atomic mass is 10.0. The molecular formula is C18H16ClNO3S. The average molecular weight is 362 g/mol. The highest BCUT2D eigenvalue weighted by atomic mass is 35.5. The molecule has 0 saturated heterocycles. The number of sulfone groups is 1. The van der Waals surface area contributed by atoms with Gasteiger partial charge >= 0.3 is 0 Å². The monoisotopic (exact) mass is 361 g/mol. The normalized spacial score (nSPS) is 25.9. The molecule has 3 atom stereocenters. The highest BCUT2D eigenvalue weighted by Crippen LogP contribution is 2.63. The Bertz CT molecular complexity index is 901. The van der Waals surface area contributed by atoms with Gasteiger partial charge in [0.05, 0.1) is 22.8 Å². The molecule has 0 heterocycles. The van der Waals surface area contributed by atoms with E-state index >= 15 is 0 Å². The molecule has 2 aromatic rings. The number of aliphatic hydroxyl groups excluding tert-OH is 1. The lowest BCUT2D eigenvalue weighted by Gasteiger charge is -2.06. The fraction of sp³-hybridized carbons (Fsp3) is 0.278. The molecule has 0 aromatic heterocycles. The molecule has 1 saturated carbocycles. The molecule has 124 valence electrons. The minimum absolute atomic E-state index is 0.111. The molecule has 1 N–H and O–H groups in total. The van der Waals surface area contributed by atoms with Crippen molar-refractivity contribution in [3.8, 4) is 6.07 Å². The third-order valence-electron chi connectivity index (χ3n) is 4.64. The third-order valence-corrected chi connectivity index (χ3v) is 7.18. The number of nitriles is 1. The zero-order chi connectivity index (χ0) is 17.5. The van der Waals surface area contributed by atoms with E-state index in [9.17, 15) is 18.8 Å².